The van der Waals surface area contributed by atoms with Gasteiger partial charge in [-0.1, -0.05) is 48.5 Å². The monoisotopic (exact) mass is 500 g/mol. The Bertz CT molecular complexity index is 1150. The topological polar surface area (TPSA) is 77.9 Å². The van der Waals surface area contributed by atoms with Crippen LogP contribution in [0.25, 0.3) is 0 Å². The van der Waals surface area contributed by atoms with Crippen molar-refractivity contribution in [3.63, 3.8) is 0 Å². The van der Waals surface area contributed by atoms with Crippen LogP contribution in [-0.2, 0) is 19.3 Å². The van der Waals surface area contributed by atoms with E-state index >= 15 is 0 Å². The number of pyridine rings is 1. The molecule has 0 spiro atoms. The van der Waals surface area contributed by atoms with Crippen LogP contribution < -0.4 is 10.1 Å². The van der Waals surface area contributed by atoms with Gasteiger partial charge >= 0.3 is 12.2 Å². The second-order valence-electron chi connectivity index (χ2n) is 8.42. The van der Waals surface area contributed by atoms with Crippen LogP contribution in [0.15, 0.2) is 72.9 Å². The Balaban J connectivity index is 1.26. The SMILES string of the molecule is O=C(NCc1ccnc(OCc2ccccc2)c1)N1CCN(C(O)c2ccccc2C(F)(F)F)CC1. The molecule has 190 valence electrons. The molecule has 0 bridgehead atoms. The lowest BCUT2D eigenvalue weighted by Gasteiger charge is -2.37. The first-order valence-electron chi connectivity index (χ1n) is 11.5. The molecule has 4 rings (SSSR count). The standard InChI is InChI=1S/C26H27F3N4O3/c27-26(28,29)22-9-5-4-8-21(22)24(34)32-12-14-33(15-13-32)25(35)31-17-20-10-11-30-23(16-20)36-18-19-6-2-1-3-7-19/h1-11,16,24,34H,12-15,17-18H2,(H,31,35). The van der Waals surface area contributed by atoms with Crippen molar-refractivity contribution in [1.82, 2.24) is 20.1 Å². The lowest BCUT2D eigenvalue weighted by molar-refractivity contribution is -0.141. The van der Waals surface area contributed by atoms with Gasteiger partial charge in [-0.05, 0) is 23.3 Å². The number of urea groups is 1. The molecule has 1 aliphatic rings. The number of nitrogens with one attached hydrogen (secondary N) is 1. The number of aliphatic hydroxyl groups is 1. The molecule has 1 unspecified atom stereocenters. The lowest BCUT2D eigenvalue weighted by Crippen LogP contribution is -2.52. The third-order valence-electron chi connectivity index (χ3n) is 5.96. The highest BCUT2D eigenvalue weighted by molar-refractivity contribution is 5.74. The van der Waals surface area contributed by atoms with Crippen molar-refractivity contribution in [2.24, 2.45) is 0 Å². The lowest BCUT2D eigenvalue weighted by atomic mass is 10.0. The van der Waals surface area contributed by atoms with E-state index in [1.54, 1.807) is 23.2 Å². The number of amides is 2. The molecule has 3 aromatic rings. The van der Waals surface area contributed by atoms with Crippen molar-refractivity contribution < 1.29 is 27.8 Å². The van der Waals surface area contributed by atoms with Gasteiger partial charge < -0.3 is 20.1 Å². The van der Waals surface area contributed by atoms with E-state index in [1.165, 1.54) is 23.1 Å². The van der Waals surface area contributed by atoms with Crippen molar-refractivity contribution >= 4 is 6.03 Å². The van der Waals surface area contributed by atoms with Crippen LogP contribution in [0.2, 0.25) is 0 Å². The van der Waals surface area contributed by atoms with Crippen molar-refractivity contribution in [2.75, 3.05) is 26.2 Å². The molecule has 1 atom stereocenters. The number of hydrogen-bond donors (Lipinski definition) is 2. The molecule has 0 radical (unpaired) electrons. The largest absolute Gasteiger partial charge is 0.473 e. The molecule has 0 saturated carbocycles. The number of carbonyl (C=O) groups is 1. The van der Waals surface area contributed by atoms with Gasteiger partial charge in [0, 0.05) is 50.6 Å². The van der Waals surface area contributed by atoms with Crippen LogP contribution in [0.1, 0.15) is 28.5 Å². The summed E-state index contributed by atoms with van der Waals surface area (Å²) in [7, 11) is 0. The third kappa shape index (κ3) is 6.52. The van der Waals surface area contributed by atoms with Gasteiger partial charge in [-0.3, -0.25) is 4.90 Å². The summed E-state index contributed by atoms with van der Waals surface area (Å²) < 4.78 is 45.7. The zero-order valence-corrected chi connectivity index (χ0v) is 19.5. The number of aliphatic hydroxyl groups excluding tert-OH is 1. The second kappa shape index (κ2) is 11.4. The number of alkyl halides is 3. The van der Waals surface area contributed by atoms with Crippen LogP contribution in [0.3, 0.4) is 0 Å². The molecule has 1 saturated heterocycles. The zero-order chi connectivity index (χ0) is 25.5. The van der Waals surface area contributed by atoms with E-state index in [9.17, 15) is 23.1 Å². The Kier molecular flexibility index (Phi) is 8.07. The van der Waals surface area contributed by atoms with E-state index < -0.39 is 18.0 Å². The first-order valence-corrected chi connectivity index (χ1v) is 11.5. The van der Waals surface area contributed by atoms with E-state index in [1.807, 2.05) is 30.3 Å². The Morgan fingerprint density at radius 2 is 1.69 bits per heavy atom. The van der Waals surface area contributed by atoms with Gasteiger partial charge in [-0.25, -0.2) is 9.78 Å². The average molecular weight is 501 g/mol. The number of benzene rings is 2. The summed E-state index contributed by atoms with van der Waals surface area (Å²) in [4.78, 5) is 19.9. The molecule has 2 N–H and O–H groups in total. The molecule has 1 fully saturated rings. The Hall–Kier alpha value is -3.63. The minimum Gasteiger partial charge on any atom is -0.473 e. The summed E-state index contributed by atoms with van der Waals surface area (Å²) in [5.74, 6) is 0.451. The number of carbonyl (C=O) groups excluding carboxylic acids is 1. The maximum atomic E-state index is 13.3. The molecule has 1 aromatic heterocycles. The summed E-state index contributed by atoms with van der Waals surface area (Å²) in [5, 5.41) is 13.4. The molecule has 2 heterocycles. The summed E-state index contributed by atoms with van der Waals surface area (Å²) in [6.45, 7) is 1.69. The normalized spacial score (nSPS) is 15.4. The van der Waals surface area contributed by atoms with Crippen LogP contribution in [0, 0.1) is 0 Å². The number of aromatic nitrogens is 1. The van der Waals surface area contributed by atoms with Crippen LogP contribution in [0.5, 0.6) is 5.88 Å². The summed E-state index contributed by atoms with van der Waals surface area (Å²) in [6.07, 6.45) is -4.35. The van der Waals surface area contributed by atoms with Gasteiger partial charge in [-0.15, -0.1) is 0 Å². The van der Waals surface area contributed by atoms with Gasteiger partial charge in [0.1, 0.15) is 12.8 Å². The number of ether oxygens (including phenoxy) is 1. The molecular weight excluding hydrogens is 473 g/mol. The Labute approximate surface area is 207 Å². The highest BCUT2D eigenvalue weighted by atomic mass is 19.4. The Morgan fingerprint density at radius 3 is 2.42 bits per heavy atom. The van der Waals surface area contributed by atoms with E-state index in [0.717, 1.165) is 17.2 Å². The van der Waals surface area contributed by atoms with Crippen molar-refractivity contribution in [3.8, 4) is 5.88 Å². The molecule has 1 aliphatic heterocycles. The fourth-order valence-electron chi connectivity index (χ4n) is 4.01. The van der Waals surface area contributed by atoms with Crippen LogP contribution in [0.4, 0.5) is 18.0 Å². The number of nitrogens with zero attached hydrogens (tertiary/aromatic N) is 3. The number of halogens is 3. The molecule has 2 amide bonds. The van der Waals surface area contributed by atoms with E-state index in [2.05, 4.69) is 10.3 Å². The number of hydrogen-bond acceptors (Lipinski definition) is 5. The average Bonchev–Trinajstić information content (AvgIpc) is 2.90. The van der Waals surface area contributed by atoms with Crippen LogP contribution >= 0.6 is 0 Å². The Morgan fingerprint density at radius 1 is 1.00 bits per heavy atom. The zero-order valence-electron chi connectivity index (χ0n) is 19.5. The number of piperazine rings is 1. The smallest absolute Gasteiger partial charge is 0.416 e. The highest BCUT2D eigenvalue weighted by Gasteiger charge is 2.36. The fraction of sp³-hybridized carbons (Fsp3) is 0.308. The minimum atomic E-state index is -4.56. The van der Waals surface area contributed by atoms with Crippen molar-refractivity contribution in [3.05, 3.63) is 95.2 Å². The summed E-state index contributed by atoms with van der Waals surface area (Å²) in [5.41, 5.74) is 0.788. The van der Waals surface area contributed by atoms with Gasteiger partial charge in [0.25, 0.3) is 0 Å². The fourth-order valence-corrected chi connectivity index (χ4v) is 4.01. The molecule has 0 aliphatic carbocycles. The van der Waals surface area contributed by atoms with E-state index in [4.69, 9.17) is 4.74 Å². The maximum Gasteiger partial charge on any atom is 0.416 e. The molecule has 2 aromatic carbocycles. The van der Waals surface area contributed by atoms with Crippen LogP contribution in [-0.4, -0.2) is 52.1 Å². The highest BCUT2D eigenvalue weighted by Crippen LogP contribution is 2.35. The van der Waals surface area contributed by atoms with Gasteiger partial charge in [0.15, 0.2) is 0 Å². The molecular formula is C26H27F3N4O3. The van der Waals surface area contributed by atoms with Gasteiger partial charge in [-0.2, -0.15) is 13.2 Å². The predicted octanol–water partition coefficient (Wildman–Crippen LogP) is 4.20. The molecule has 7 nitrogen and oxygen atoms in total. The van der Waals surface area contributed by atoms with E-state index in [0.29, 0.717) is 12.5 Å². The van der Waals surface area contributed by atoms with Gasteiger partial charge in [0.05, 0.1) is 5.56 Å². The predicted molar refractivity (Wildman–Crippen MR) is 127 cm³/mol. The first kappa shape index (κ1) is 25.5. The van der Waals surface area contributed by atoms with Gasteiger partial charge in [0.2, 0.25) is 5.88 Å². The molecule has 36 heavy (non-hydrogen) atoms. The minimum absolute atomic E-state index is 0.189. The second-order valence-corrected chi connectivity index (χ2v) is 8.42. The summed E-state index contributed by atoms with van der Waals surface area (Å²) in [6, 6.07) is 18.0. The van der Waals surface area contributed by atoms with Crippen molar-refractivity contribution in [2.45, 2.75) is 25.6 Å². The maximum absolute atomic E-state index is 13.3. The first-order chi connectivity index (χ1) is 17.3. The quantitative estimate of drug-likeness (QED) is 0.509. The summed E-state index contributed by atoms with van der Waals surface area (Å²) >= 11 is 0. The third-order valence-corrected chi connectivity index (χ3v) is 5.96. The van der Waals surface area contributed by atoms with E-state index in [-0.39, 0.29) is 44.3 Å². The number of rotatable bonds is 7. The molecule has 10 heteroatoms. The van der Waals surface area contributed by atoms with Crippen molar-refractivity contribution in [1.29, 1.82) is 0 Å².